The van der Waals surface area contributed by atoms with Gasteiger partial charge in [-0.1, -0.05) is 12.1 Å². The Kier molecular flexibility index (Phi) is 6.84. The Hall–Kier alpha value is -1.66. The van der Waals surface area contributed by atoms with Crippen LogP contribution in [0.4, 0.5) is 4.39 Å². The van der Waals surface area contributed by atoms with Crippen molar-refractivity contribution < 1.29 is 19.0 Å². The zero-order valence-corrected chi connectivity index (χ0v) is 10.6. The zero-order chi connectivity index (χ0) is 14.1. The molecule has 0 saturated heterocycles. The molecule has 1 rings (SSSR count). The molecule has 1 unspecified atom stereocenters. The number of halogens is 1. The fraction of sp³-hybridized carbons (Fsp3) is 0.462. The van der Waals surface area contributed by atoms with Crippen LogP contribution in [0.3, 0.4) is 0 Å². The molecule has 0 spiro atoms. The highest BCUT2D eigenvalue weighted by atomic mass is 19.1. The highest BCUT2D eigenvalue weighted by Crippen LogP contribution is 2.15. The number of aliphatic hydroxyl groups excluding tert-OH is 1. The van der Waals surface area contributed by atoms with Crippen LogP contribution in [0.1, 0.15) is 12.8 Å². The number of ether oxygens (including phenoxy) is 1. The third-order valence-corrected chi connectivity index (χ3v) is 2.42. The molecule has 0 aliphatic heterocycles. The van der Waals surface area contributed by atoms with E-state index < -0.39 is 11.9 Å². The summed E-state index contributed by atoms with van der Waals surface area (Å²) in [5.41, 5.74) is 4.99. The van der Waals surface area contributed by atoms with Gasteiger partial charge in [0.2, 0.25) is 5.91 Å². The number of aliphatic hydroxyl groups is 1. The molecular formula is C13H19FN2O3. The molecule has 1 amide bonds. The van der Waals surface area contributed by atoms with Crippen molar-refractivity contribution in [1.29, 1.82) is 0 Å². The summed E-state index contributed by atoms with van der Waals surface area (Å²) in [5, 5.41) is 12.6. The summed E-state index contributed by atoms with van der Waals surface area (Å²) < 4.78 is 18.4. The summed E-state index contributed by atoms with van der Waals surface area (Å²) in [4.78, 5) is 10.5. The Balaban J connectivity index is 2.13. The minimum atomic E-state index is -0.742. The molecular weight excluding hydrogens is 251 g/mol. The molecule has 106 valence electrons. The number of nitrogens with two attached hydrogens (primary N) is 1. The van der Waals surface area contributed by atoms with E-state index in [-0.39, 0.29) is 18.3 Å². The van der Waals surface area contributed by atoms with E-state index >= 15 is 0 Å². The van der Waals surface area contributed by atoms with Gasteiger partial charge in [0.15, 0.2) is 11.6 Å². The summed E-state index contributed by atoms with van der Waals surface area (Å²) in [6.45, 7) is 0.899. The van der Waals surface area contributed by atoms with E-state index in [2.05, 4.69) is 5.32 Å². The molecule has 0 aliphatic carbocycles. The number of carbonyl (C=O) groups is 1. The standard InChI is InChI=1S/C13H19FN2O3/c14-11-4-1-2-5-12(11)19-9-10(17)8-16-7-3-6-13(15)18/h1-2,4-5,10,16-17H,3,6-9H2,(H2,15,18). The predicted molar refractivity (Wildman–Crippen MR) is 69.2 cm³/mol. The maximum atomic E-state index is 13.2. The Morgan fingerprint density at radius 2 is 2.21 bits per heavy atom. The first kappa shape index (κ1) is 15.4. The minimum absolute atomic E-state index is 0.00372. The van der Waals surface area contributed by atoms with Crippen LogP contribution in [0.25, 0.3) is 0 Å². The van der Waals surface area contributed by atoms with Crippen molar-refractivity contribution in [2.75, 3.05) is 19.7 Å². The number of para-hydroxylation sites is 1. The molecule has 0 saturated carbocycles. The van der Waals surface area contributed by atoms with Gasteiger partial charge in [-0.3, -0.25) is 4.79 Å². The summed E-state index contributed by atoms with van der Waals surface area (Å²) >= 11 is 0. The second-order valence-corrected chi connectivity index (χ2v) is 4.17. The number of amides is 1. The van der Waals surface area contributed by atoms with Crippen LogP contribution in [-0.4, -0.2) is 36.8 Å². The fourth-order valence-corrected chi connectivity index (χ4v) is 1.46. The van der Waals surface area contributed by atoms with Crippen molar-refractivity contribution in [1.82, 2.24) is 5.32 Å². The molecule has 0 aliphatic rings. The van der Waals surface area contributed by atoms with Crippen molar-refractivity contribution in [3.05, 3.63) is 30.1 Å². The van der Waals surface area contributed by atoms with Crippen molar-refractivity contribution >= 4 is 5.91 Å². The molecule has 1 aromatic carbocycles. The smallest absolute Gasteiger partial charge is 0.217 e. The predicted octanol–water partition coefficient (Wildman–Crippen LogP) is 0.421. The van der Waals surface area contributed by atoms with E-state index in [0.29, 0.717) is 25.9 Å². The van der Waals surface area contributed by atoms with Crippen LogP contribution in [0.2, 0.25) is 0 Å². The Morgan fingerprint density at radius 3 is 2.89 bits per heavy atom. The van der Waals surface area contributed by atoms with Gasteiger partial charge in [0.05, 0.1) is 0 Å². The molecule has 1 atom stereocenters. The van der Waals surface area contributed by atoms with Gasteiger partial charge in [-0.05, 0) is 25.1 Å². The van der Waals surface area contributed by atoms with Gasteiger partial charge in [-0.15, -0.1) is 0 Å². The molecule has 5 nitrogen and oxygen atoms in total. The third kappa shape index (κ3) is 6.73. The van der Waals surface area contributed by atoms with Gasteiger partial charge in [-0.2, -0.15) is 0 Å². The second kappa shape index (κ2) is 8.44. The molecule has 0 aromatic heterocycles. The lowest BCUT2D eigenvalue weighted by molar-refractivity contribution is -0.118. The number of hydrogen-bond acceptors (Lipinski definition) is 4. The maximum absolute atomic E-state index is 13.2. The highest BCUT2D eigenvalue weighted by Gasteiger charge is 2.07. The van der Waals surface area contributed by atoms with E-state index in [1.54, 1.807) is 12.1 Å². The normalized spacial score (nSPS) is 12.1. The van der Waals surface area contributed by atoms with E-state index in [4.69, 9.17) is 10.5 Å². The van der Waals surface area contributed by atoms with Crippen molar-refractivity contribution in [2.45, 2.75) is 18.9 Å². The zero-order valence-electron chi connectivity index (χ0n) is 10.6. The van der Waals surface area contributed by atoms with Gasteiger partial charge in [0, 0.05) is 13.0 Å². The van der Waals surface area contributed by atoms with Crippen molar-refractivity contribution in [3.8, 4) is 5.75 Å². The average molecular weight is 270 g/mol. The van der Waals surface area contributed by atoms with Crippen LogP contribution < -0.4 is 15.8 Å². The largest absolute Gasteiger partial charge is 0.488 e. The molecule has 0 heterocycles. The molecule has 0 bridgehead atoms. The topological polar surface area (TPSA) is 84.6 Å². The van der Waals surface area contributed by atoms with Crippen molar-refractivity contribution in [2.24, 2.45) is 5.73 Å². The number of hydrogen-bond donors (Lipinski definition) is 3. The van der Waals surface area contributed by atoms with Crippen LogP contribution in [0, 0.1) is 5.82 Å². The lowest BCUT2D eigenvalue weighted by Gasteiger charge is -2.13. The molecule has 19 heavy (non-hydrogen) atoms. The lowest BCUT2D eigenvalue weighted by Crippen LogP contribution is -2.32. The third-order valence-electron chi connectivity index (χ3n) is 2.42. The quantitative estimate of drug-likeness (QED) is 0.568. The number of nitrogens with one attached hydrogen (secondary N) is 1. The monoisotopic (exact) mass is 270 g/mol. The van der Waals surface area contributed by atoms with Crippen LogP contribution in [0.15, 0.2) is 24.3 Å². The van der Waals surface area contributed by atoms with E-state index in [1.807, 2.05) is 0 Å². The Labute approximate surface area is 111 Å². The van der Waals surface area contributed by atoms with Gasteiger partial charge < -0.3 is 20.9 Å². The number of rotatable bonds is 9. The van der Waals surface area contributed by atoms with Crippen molar-refractivity contribution in [3.63, 3.8) is 0 Å². The Morgan fingerprint density at radius 1 is 1.47 bits per heavy atom. The van der Waals surface area contributed by atoms with E-state index in [0.717, 1.165) is 0 Å². The van der Waals surface area contributed by atoms with Gasteiger partial charge in [0.1, 0.15) is 12.7 Å². The highest BCUT2D eigenvalue weighted by molar-refractivity contribution is 5.73. The lowest BCUT2D eigenvalue weighted by atomic mass is 10.3. The maximum Gasteiger partial charge on any atom is 0.217 e. The molecule has 0 fully saturated rings. The number of benzene rings is 1. The van der Waals surface area contributed by atoms with Gasteiger partial charge in [-0.25, -0.2) is 4.39 Å². The fourth-order valence-electron chi connectivity index (χ4n) is 1.46. The molecule has 6 heteroatoms. The number of carbonyl (C=O) groups excluding carboxylic acids is 1. The Bertz CT molecular complexity index is 401. The summed E-state index contributed by atoms with van der Waals surface area (Å²) in [7, 11) is 0. The SMILES string of the molecule is NC(=O)CCCNCC(O)COc1ccccc1F. The van der Waals surface area contributed by atoms with Crippen LogP contribution >= 0.6 is 0 Å². The van der Waals surface area contributed by atoms with Crippen LogP contribution in [-0.2, 0) is 4.79 Å². The molecule has 4 N–H and O–H groups in total. The average Bonchev–Trinajstić information content (AvgIpc) is 2.37. The molecule has 1 aromatic rings. The van der Waals surface area contributed by atoms with Gasteiger partial charge in [0.25, 0.3) is 0 Å². The molecule has 0 radical (unpaired) electrons. The summed E-state index contributed by atoms with van der Waals surface area (Å²) in [5.74, 6) is -0.676. The second-order valence-electron chi connectivity index (χ2n) is 4.17. The number of primary amides is 1. The first-order valence-electron chi connectivity index (χ1n) is 6.14. The van der Waals surface area contributed by atoms with E-state index in [9.17, 15) is 14.3 Å². The summed E-state index contributed by atoms with van der Waals surface area (Å²) in [6.07, 6.45) is 0.193. The summed E-state index contributed by atoms with van der Waals surface area (Å²) in [6, 6.07) is 6.03. The first-order chi connectivity index (χ1) is 9.09. The minimum Gasteiger partial charge on any atom is -0.488 e. The van der Waals surface area contributed by atoms with Gasteiger partial charge >= 0.3 is 0 Å². The van der Waals surface area contributed by atoms with Crippen LogP contribution in [0.5, 0.6) is 5.75 Å². The first-order valence-corrected chi connectivity index (χ1v) is 6.14. The van der Waals surface area contributed by atoms with E-state index in [1.165, 1.54) is 12.1 Å².